The molecule has 1 aliphatic carbocycles. The molecule has 0 heterocycles. The molecule has 2 heteroatoms. The lowest BCUT2D eigenvalue weighted by Crippen LogP contribution is -2.39. The first-order valence-electron chi connectivity index (χ1n) is 8.14. The molecule has 0 spiro atoms. The van der Waals surface area contributed by atoms with Gasteiger partial charge in [-0.15, -0.1) is 0 Å². The largest absolute Gasteiger partial charge is 0.387 e. The second-order valence-corrected chi connectivity index (χ2v) is 6.40. The number of fused-ring (bicyclic) bond motifs is 1. The zero-order valence-corrected chi connectivity index (χ0v) is 12.8. The van der Waals surface area contributed by atoms with Crippen LogP contribution in [-0.4, -0.2) is 17.7 Å². The summed E-state index contributed by atoms with van der Waals surface area (Å²) in [6, 6.07) is 15.1. The Morgan fingerprint density at radius 2 is 1.86 bits per heavy atom. The number of hydrogen-bond acceptors (Lipinski definition) is 2. The molecule has 1 saturated carbocycles. The Bertz CT molecular complexity index is 595. The molecule has 0 unspecified atom stereocenters. The van der Waals surface area contributed by atoms with Gasteiger partial charge >= 0.3 is 0 Å². The molecule has 21 heavy (non-hydrogen) atoms. The van der Waals surface area contributed by atoms with Crippen LogP contribution in [0.2, 0.25) is 0 Å². The van der Waals surface area contributed by atoms with E-state index in [1.54, 1.807) is 0 Å². The highest BCUT2D eigenvalue weighted by Crippen LogP contribution is 2.25. The van der Waals surface area contributed by atoms with E-state index in [-0.39, 0.29) is 0 Å². The van der Waals surface area contributed by atoms with E-state index in [0.29, 0.717) is 12.6 Å². The number of benzene rings is 2. The van der Waals surface area contributed by atoms with Crippen molar-refractivity contribution in [2.24, 2.45) is 5.92 Å². The lowest BCUT2D eigenvalue weighted by molar-refractivity contribution is 0.157. The molecule has 3 atom stereocenters. The summed E-state index contributed by atoms with van der Waals surface area (Å²) in [7, 11) is 0. The summed E-state index contributed by atoms with van der Waals surface area (Å²) in [5, 5.41) is 16.4. The minimum Gasteiger partial charge on any atom is -0.387 e. The van der Waals surface area contributed by atoms with Gasteiger partial charge in [0.25, 0.3) is 0 Å². The predicted molar refractivity (Wildman–Crippen MR) is 88.3 cm³/mol. The van der Waals surface area contributed by atoms with E-state index in [9.17, 15) is 5.11 Å². The van der Waals surface area contributed by atoms with E-state index in [2.05, 4.69) is 36.5 Å². The fourth-order valence-electron chi connectivity index (χ4n) is 3.42. The Hall–Kier alpha value is -1.38. The molecule has 0 aliphatic heterocycles. The highest BCUT2D eigenvalue weighted by Gasteiger charge is 2.21. The van der Waals surface area contributed by atoms with E-state index < -0.39 is 6.10 Å². The van der Waals surface area contributed by atoms with Crippen molar-refractivity contribution < 1.29 is 5.11 Å². The van der Waals surface area contributed by atoms with Crippen molar-refractivity contribution in [3.8, 4) is 0 Å². The van der Waals surface area contributed by atoms with Gasteiger partial charge in [-0.05, 0) is 41.2 Å². The van der Waals surface area contributed by atoms with Crippen LogP contribution in [0.3, 0.4) is 0 Å². The fraction of sp³-hybridized carbons (Fsp3) is 0.474. The first kappa shape index (κ1) is 14.6. The van der Waals surface area contributed by atoms with Gasteiger partial charge in [-0.25, -0.2) is 0 Å². The molecule has 1 fully saturated rings. The smallest absolute Gasteiger partial charge is 0.0914 e. The molecule has 0 aromatic heterocycles. The Labute approximate surface area is 127 Å². The molecule has 2 N–H and O–H groups in total. The predicted octanol–water partition coefficient (Wildman–Crippen LogP) is 4.04. The normalized spacial score (nSPS) is 24.1. The highest BCUT2D eigenvalue weighted by atomic mass is 16.3. The van der Waals surface area contributed by atoms with E-state index in [1.807, 2.05) is 18.2 Å². The van der Waals surface area contributed by atoms with Crippen LogP contribution < -0.4 is 5.32 Å². The van der Waals surface area contributed by atoms with Crippen molar-refractivity contribution in [3.05, 3.63) is 48.0 Å². The molecule has 3 rings (SSSR count). The molecular weight excluding hydrogens is 258 g/mol. The molecular formula is C19H25NO. The summed E-state index contributed by atoms with van der Waals surface area (Å²) in [6.45, 7) is 2.96. The zero-order valence-electron chi connectivity index (χ0n) is 12.8. The van der Waals surface area contributed by atoms with E-state index in [0.717, 1.165) is 11.5 Å². The van der Waals surface area contributed by atoms with Crippen LogP contribution in [0.5, 0.6) is 0 Å². The van der Waals surface area contributed by atoms with E-state index >= 15 is 0 Å². The monoisotopic (exact) mass is 283 g/mol. The number of aliphatic hydroxyl groups is 1. The van der Waals surface area contributed by atoms with Gasteiger partial charge in [0.1, 0.15) is 0 Å². The van der Waals surface area contributed by atoms with Crippen LogP contribution in [-0.2, 0) is 0 Å². The maximum atomic E-state index is 10.4. The second kappa shape index (κ2) is 6.59. The SMILES string of the molecule is C[C@@H]1CCCC[C@@H]1NC[C@@H](O)c1ccc2ccccc2c1. The third-order valence-electron chi connectivity index (χ3n) is 4.84. The Morgan fingerprint density at radius 1 is 1.10 bits per heavy atom. The summed E-state index contributed by atoms with van der Waals surface area (Å²) in [6.07, 6.45) is 4.79. The lowest BCUT2D eigenvalue weighted by atomic mass is 9.86. The molecule has 0 radical (unpaired) electrons. The first-order chi connectivity index (χ1) is 10.2. The summed E-state index contributed by atoms with van der Waals surface area (Å²) in [5.74, 6) is 0.725. The zero-order chi connectivity index (χ0) is 14.7. The van der Waals surface area contributed by atoms with Gasteiger partial charge < -0.3 is 10.4 Å². The van der Waals surface area contributed by atoms with Crippen molar-refractivity contribution in [1.82, 2.24) is 5.32 Å². The number of nitrogens with one attached hydrogen (secondary N) is 1. The molecule has 2 aromatic carbocycles. The van der Waals surface area contributed by atoms with Crippen LogP contribution in [0, 0.1) is 5.92 Å². The molecule has 0 saturated heterocycles. The lowest BCUT2D eigenvalue weighted by Gasteiger charge is -2.30. The van der Waals surface area contributed by atoms with Crippen LogP contribution in [0.1, 0.15) is 44.3 Å². The summed E-state index contributed by atoms with van der Waals surface area (Å²) < 4.78 is 0. The van der Waals surface area contributed by atoms with Crippen LogP contribution in [0.4, 0.5) is 0 Å². The van der Waals surface area contributed by atoms with Crippen molar-refractivity contribution in [2.45, 2.75) is 44.8 Å². The Morgan fingerprint density at radius 3 is 2.67 bits per heavy atom. The number of rotatable bonds is 4. The summed E-state index contributed by atoms with van der Waals surface area (Å²) in [5.41, 5.74) is 1.00. The maximum Gasteiger partial charge on any atom is 0.0914 e. The molecule has 2 aromatic rings. The van der Waals surface area contributed by atoms with Gasteiger partial charge in [-0.2, -0.15) is 0 Å². The quantitative estimate of drug-likeness (QED) is 0.887. The maximum absolute atomic E-state index is 10.4. The molecule has 1 aliphatic rings. The molecule has 0 amide bonds. The van der Waals surface area contributed by atoms with Crippen LogP contribution in [0.25, 0.3) is 10.8 Å². The third-order valence-corrected chi connectivity index (χ3v) is 4.84. The van der Waals surface area contributed by atoms with E-state index in [4.69, 9.17) is 0 Å². The average molecular weight is 283 g/mol. The van der Waals surface area contributed by atoms with Gasteiger partial charge in [0.2, 0.25) is 0 Å². The Kier molecular flexibility index (Phi) is 4.57. The topological polar surface area (TPSA) is 32.3 Å². The third kappa shape index (κ3) is 3.45. The number of aliphatic hydroxyl groups excluding tert-OH is 1. The molecule has 0 bridgehead atoms. The Balaban J connectivity index is 1.64. The van der Waals surface area contributed by atoms with Crippen molar-refractivity contribution in [2.75, 3.05) is 6.54 Å². The van der Waals surface area contributed by atoms with Gasteiger partial charge in [0.15, 0.2) is 0 Å². The van der Waals surface area contributed by atoms with Crippen molar-refractivity contribution in [3.63, 3.8) is 0 Å². The summed E-state index contributed by atoms with van der Waals surface area (Å²) in [4.78, 5) is 0. The van der Waals surface area contributed by atoms with Gasteiger partial charge in [-0.3, -0.25) is 0 Å². The second-order valence-electron chi connectivity index (χ2n) is 6.40. The van der Waals surface area contributed by atoms with Crippen LogP contribution >= 0.6 is 0 Å². The first-order valence-corrected chi connectivity index (χ1v) is 8.14. The number of hydrogen-bond donors (Lipinski definition) is 2. The van der Waals surface area contributed by atoms with Crippen LogP contribution in [0.15, 0.2) is 42.5 Å². The highest BCUT2D eigenvalue weighted by molar-refractivity contribution is 5.83. The van der Waals surface area contributed by atoms with E-state index in [1.165, 1.54) is 36.5 Å². The van der Waals surface area contributed by atoms with Crippen molar-refractivity contribution >= 4 is 10.8 Å². The van der Waals surface area contributed by atoms with Gasteiger partial charge in [-0.1, -0.05) is 56.2 Å². The van der Waals surface area contributed by atoms with Gasteiger partial charge in [0, 0.05) is 12.6 Å². The summed E-state index contributed by atoms with van der Waals surface area (Å²) >= 11 is 0. The average Bonchev–Trinajstić information content (AvgIpc) is 2.53. The minimum atomic E-state index is -0.427. The molecule has 2 nitrogen and oxygen atoms in total. The minimum absolute atomic E-state index is 0.427. The fourth-order valence-corrected chi connectivity index (χ4v) is 3.42. The molecule has 112 valence electrons. The standard InChI is InChI=1S/C19H25NO/c1-14-6-2-5-9-18(14)20-13-19(21)17-11-10-15-7-3-4-8-16(15)12-17/h3-4,7-8,10-12,14,18-21H,2,5-6,9,13H2,1H3/t14-,18+,19-/m1/s1. The van der Waals surface area contributed by atoms with Crippen molar-refractivity contribution in [1.29, 1.82) is 0 Å². The van der Waals surface area contributed by atoms with Gasteiger partial charge in [0.05, 0.1) is 6.10 Å².